The summed E-state index contributed by atoms with van der Waals surface area (Å²) in [5.74, 6) is -5.06. The molecule has 0 saturated carbocycles. The highest BCUT2D eigenvalue weighted by Gasteiger charge is 2.20. The Labute approximate surface area is 171 Å². The zero-order chi connectivity index (χ0) is 24.3. The van der Waals surface area contributed by atoms with Gasteiger partial charge < -0.3 is 53.2 Å². The number of aliphatic carboxylic acids is 5. The second-order valence-electron chi connectivity index (χ2n) is 5.59. The fourth-order valence-corrected chi connectivity index (χ4v) is 1.38. The molecule has 0 aliphatic carbocycles. The highest BCUT2D eigenvalue weighted by atomic mass is 16.4. The average Bonchev–Trinajstić information content (AvgIpc) is 3.21. The van der Waals surface area contributed by atoms with Gasteiger partial charge in [0, 0.05) is 6.42 Å². The second kappa shape index (κ2) is 19.5. The molecular weight excluding hydrogens is 412 g/mol. The van der Waals surface area contributed by atoms with E-state index in [4.69, 9.17) is 42.1 Å². The summed E-state index contributed by atoms with van der Waals surface area (Å²) in [4.78, 5) is 48.9. The van der Waals surface area contributed by atoms with Gasteiger partial charge in [-0.2, -0.15) is 0 Å². The number of aliphatic hydroxyl groups excluding tert-OH is 1. The van der Waals surface area contributed by atoms with Crippen molar-refractivity contribution in [3.63, 3.8) is 0 Å². The predicted octanol–water partition coefficient (Wildman–Crippen LogP) is -3.49. The molecule has 0 aromatic carbocycles. The summed E-state index contributed by atoms with van der Waals surface area (Å²) in [6.07, 6.45) is 1.56. The van der Waals surface area contributed by atoms with Gasteiger partial charge in [0.15, 0.2) is 0 Å². The Hall–Kier alpha value is -2.85. The molecule has 0 amide bonds. The topological polar surface area (TPSA) is 297 Å². The van der Waals surface area contributed by atoms with E-state index in [0.717, 1.165) is 19.4 Å². The minimum Gasteiger partial charge on any atom is -0.481 e. The molecular formula is C15H30N4O11. The van der Waals surface area contributed by atoms with Gasteiger partial charge in [0.1, 0.15) is 18.1 Å². The van der Waals surface area contributed by atoms with Gasteiger partial charge in [-0.15, -0.1) is 0 Å². The molecule has 1 aliphatic rings. The number of nitrogens with two attached hydrogens (primary N) is 3. The first-order valence-electron chi connectivity index (χ1n) is 8.47. The van der Waals surface area contributed by atoms with Crippen LogP contribution in [0.25, 0.3) is 0 Å². The van der Waals surface area contributed by atoms with Crippen molar-refractivity contribution in [2.75, 3.05) is 19.7 Å². The number of hydrogen-bond donors (Lipinski definition) is 10. The van der Waals surface area contributed by atoms with Gasteiger partial charge in [-0.1, -0.05) is 0 Å². The predicted molar refractivity (Wildman–Crippen MR) is 101 cm³/mol. The van der Waals surface area contributed by atoms with Gasteiger partial charge in [0.05, 0.1) is 13.2 Å². The Morgan fingerprint density at radius 1 is 0.900 bits per heavy atom. The van der Waals surface area contributed by atoms with Gasteiger partial charge in [-0.05, 0) is 25.8 Å². The van der Waals surface area contributed by atoms with E-state index in [1.807, 2.05) is 0 Å². The summed E-state index contributed by atoms with van der Waals surface area (Å²) in [5.41, 5.74) is 14.3. The molecule has 0 radical (unpaired) electrons. The van der Waals surface area contributed by atoms with E-state index in [0.29, 0.717) is 0 Å². The number of aliphatic hydroxyl groups is 1. The molecule has 0 unspecified atom stereocenters. The summed E-state index contributed by atoms with van der Waals surface area (Å²) in [7, 11) is 0. The van der Waals surface area contributed by atoms with Crippen LogP contribution >= 0.6 is 0 Å². The first-order chi connectivity index (χ1) is 13.8. The lowest BCUT2D eigenvalue weighted by Gasteiger charge is -2.01. The molecule has 0 spiro atoms. The van der Waals surface area contributed by atoms with Crippen LogP contribution in [-0.4, -0.2) is 98.3 Å². The van der Waals surface area contributed by atoms with Crippen molar-refractivity contribution in [1.29, 1.82) is 0 Å². The fraction of sp³-hybridized carbons (Fsp3) is 0.667. The smallest absolute Gasteiger partial charge is 0.322 e. The van der Waals surface area contributed by atoms with Crippen LogP contribution in [0.5, 0.6) is 0 Å². The fourth-order valence-electron chi connectivity index (χ4n) is 1.38. The third-order valence-corrected chi connectivity index (χ3v) is 3.03. The Kier molecular flexibility index (Phi) is 20.7. The number of carboxylic acid groups (broad SMARTS) is 5. The quantitative estimate of drug-likeness (QED) is 0.174. The molecule has 13 N–H and O–H groups in total. The molecule has 0 aromatic heterocycles. The first-order valence-corrected chi connectivity index (χ1v) is 8.47. The molecule has 176 valence electrons. The van der Waals surface area contributed by atoms with Crippen LogP contribution in [0.3, 0.4) is 0 Å². The Morgan fingerprint density at radius 2 is 1.37 bits per heavy atom. The van der Waals surface area contributed by atoms with Crippen molar-refractivity contribution in [2.45, 2.75) is 43.8 Å². The van der Waals surface area contributed by atoms with Gasteiger partial charge in [-0.3, -0.25) is 24.0 Å². The third kappa shape index (κ3) is 23.2. The summed E-state index contributed by atoms with van der Waals surface area (Å²) in [6.45, 7) is 0.0757. The SMILES string of the molecule is NCC(=O)O.N[C@@H](CCC(=O)O)C(=O)O.N[C@@H](CO)C(=O)O.O=C(O)[C@@H]1CCCN1. The summed E-state index contributed by atoms with van der Waals surface area (Å²) in [5, 5.41) is 51.0. The Bertz CT molecular complexity index is 539. The second-order valence-corrected chi connectivity index (χ2v) is 5.59. The van der Waals surface area contributed by atoms with Crippen LogP contribution in [0.1, 0.15) is 25.7 Å². The van der Waals surface area contributed by atoms with Gasteiger partial charge in [-0.25, -0.2) is 0 Å². The highest BCUT2D eigenvalue weighted by Crippen LogP contribution is 2.03. The molecule has 0 bridgehead atoms. The van der Waals surface area contributed by atoms with E-state index in [2.05, 4.69) is 11.1 Å². The maximum atomic E-state index is 10.1. The van der Waals surface area contributed by atoms with Crippen molar-refractivity contribution >= 4 is 29.8 Å². The molecule has 0 aromatic rings. The van der Waals surface area contributed by atoms with Crippen LogP contribution in [0.4, 0.5) is 0 Å². The third-order valence-electron chi connectivity index (χ3n) is 3.03. The summed E-state index contributed by atoms with van der Waals surface area (Å²) >= 11 is 0. The number of carbonyl (C=O) groups is 5. The van der Waals surface area contributed by atoms with E-state index in [1.165, 1.54) is 0 Å². The zero-order valence-corrected chi connectivity index (χ0v) is 16.1. The first kappa shape index (κ1) is 31.8. The van der Waals surface area contributed by atoms with E-state index >= 15 is 0 Å². The molecule has 1 aliphatic heterocycles. The lowest BCUT2D eigenvalue weighted by molar-refractivity contribution is -0.141. The summed E-state index contributed by atoms with van der Waals surface area (Å²) in [6, 6.07) is -2.45. The lowest BCUT2D eigenvalue weighted by atomic mass is 10.2. The molecule has 3 atom stereocenters. The molecule has 1 heterocycles. The Balaban J connectivity index is -0.000000333. The maximum Gasteiger partial charge on any atom is 0.322 e. The highest BCUT2D eigenvalue weighted by molar-refractivity contribution is 5.75. The minimum atomic E-state index is -1.18. The molecule has 15 nitrogen and oxygen atoms in total. The lowest BCUT2D eigenvalue weighted by Crippen LogP contribution is -2.33. The van der Waals surface area contributed by atoms with E-state index < -0.39 is 48.5 Å². The van der Waals surface area contributed by atoms with Crippen molar-refractivity contribution in [3.8, 4) is 0 Å². The van der Waals surface area contributed by atoms with Crippen molar-refractivity contribution < 1.29 is 54.6 Å². The number of nitrogens with one attached hydrogen (secondary N) is 1. The molecule has 1 rings (SSSR count). The largest absolute Gasteiger partial charge is 0.481 e. The normalized spacial score (nSPS) is 16.1. The van der Waals surface area contributed by atoms with Crippen molar-refractivity contribution in [3.05, 3.63) is 0 Å². The van der Waals surface area contributed by atoms with Crippen LogP contribution < -0.4 is 22.5 Å². The molecule has 15 heteroatoms. The van der Waals surface area contributed by atoms with Gasteiger partial charge in [0.25, 0.3) is 0 Å². The van der Waals surface area contributed by atoms with Gasteiger partial charge >= 0.3 is 29.8 Å². The number of carboxylic acids is 5. The van der Waals surface area contributed by atoms with Crippen LogP contribution in [0.2, 0.25) is 0 Å². The average molecular weight is 442 g/mol. The maximum absolute atomic E-state index is 10.1. The standard InChI is InChI=1S/C5H9NO4.C5H9NO2.C3H7NO3.C2H5NO2/c6-3(5(9)10)1-2-4(7)8;7-5(8)4-2-1-3-6-4;4-2(1-5)3(6)7;3-1-2(4)5/h3H,1-2,6H2,(H,7,8)(H,9,10);4,6H,1-3H2,(H,7,8);2,5H,1,4H2,(H,6,7);1,3H2,(H,4,5)/t3-;4-;2-;/m000./s1. The molecule has 1 saturated heterocycles. The monoisotopic (exact) mass is 442 g/mol. The zero-order valence-electron chi connectivity index (χ0n) is 16.1. The van der Waals surface area contributed by atoms with Crippen molar-refractivity contribution in [1.82, 2.24) is 5.32 Å². The van der Waals surface area contributed by atoms with E-state index in [9.17, 15) is 24.0 Å². The van der Waals surface area contributed by atoms with Crippen LogP contribution in [-0.2, 0) is 24.0 Å². The number of hydrogen-bond acceptors (Lipinski definition) is 10. The molecule has 1 fully saturated rings. The van der Waals surface area contributed by atoms with Crippen LogP contribution in [0.15, 0.2) is 0 Å². The number of rotatable bonds is 8. The van der Waals surface area contributed by atoms with Crippen molar-refractivity contribution in [2.24, 2.45) is 17.2 Å². The van der Waals surface area contributed by atoms with Crippen LogP contribution in [0, 0.1) is 0 Å². The Morgan fingerprint density at radius 3 is 1.53 bits per heavy atom. The van der Waals surface area contributed by atoms with E-state index in [1.54, 1.807) is 0 Å². The molecule has 30 heavy (non-hydrogen) atoms. The van der Waals surface area contributed by atoms with E-state index in [-0.39, 0.29) is 25.4 Å². The van der Waals surface area contributed by atoms with Gasteiger partial charge in [0.2, 0.25) is 0 Å². The summed E-state index contributed by atoms with van der Waals surface area (Å²) < 4.78 is 0. The minimum absolute atomic E-state index is 0.0231.